The van der Waals surface area contributed by atoms with E-state index in [-0.39, 0.29) is 11.8 Å². The fourth-order valence-electron chi connectivity index (χ4n) is 2.10. The Morgan fingerprint density at radius 1 is 1.39 bits per heavy atom. The third-order valence-corrected chi connectivity index (χ3v) is 3.07. The smallest absolute Gasteiger partial charge is 0.320 e. The van der Waals surface area contributed by atoms with E-state index in [1.165, 1.54) is 0 Å². The molecule has 0 radical (unpaired) electrons. The van der Waals surface area contributed by atoms with Crippen LogP contribution >= 0.6 is 0 Å². The highest BCUT2D eigenvalue weighted by molar-refractivity contribution is 6.02. The third kappa shape index (κ3) is 2.22. The number of anilines is 1. The van der Waals surface area contributed by atoms with E-state index < -0.39 is 18.1 Å². The molecule has 3 N–H and O–H groups in total. The van der Waals surface area contributed by atoms with Crippen LogP contribution in [-0.4, -0.2) is 23.0 Å². The van der Waals surface area contributed by atoms with Gasteiger partial charge in [-0.05, 0) is 12.0 Å². The van der Waals surface area contributed by atoms with Crippen molar-refractivity contribution in [1.82, 2.24) is 5.32 Å². The number of fused-ring (bicyclic) bond motifs is 1. The van der Waals surface area contributed by atoms with Crippen LogP contribution in [0, 0.1) is 5.92 Å². The Labute approximate surface area is 105 Å². The van der Waals surface area contributed by atoms with Crippen LogP contribution in [0.4, 0.5) is 5.69 Å². The molecule has 0 spiro atoms. The van der Waals surface area contributed by atoms with Gasteiger partial charge < -0.3 is 10.4 Å². The highest BCUT2D eigenvalue weighted by Gasteiger charge is 2.34. The molecule has 1 aromatic rings. The van der Waals surface area contributed by atoms with E-state index in [9.17, 15) is 9.59 Å². The molecule has 0 aliphatic carbocycles. The standard InChI is InChI=1S/C13H16N2O3/c1-7(2)10(13(17)18)15-11-8-5-3-4-6-9(8)14-12(11)16/h3-7,10-11,15H,1-2H3,(H,14,16)(H,17,18). The SMILES string of the molecule is CC(C)C(NC1C(=O)Nc2ccccc21)C(=O)O. The fourth-order valence-corrected chi connectivity index (χ4v) is 2.10. The highest BCUT2D eigenvalue weighted by Crippen LogP contribution is 2.30. The highest BCUT2D eigenvalue weighted by atomic mass is 16.4. The van der Waals surface area contributed by atoms with Gasteiger partial charge in [-0.3, -0.25) is 14.9 Å². The Bertz CT molecular complexity index is 485. The predicted octanol–water partition coefficient (Wildman–Crippen LogP) is 1.38. The average molecular weight is 248 g/mol. The number of carboxylic acids is 1. The maximum Gasteiger partial charge on any atom is 0.320 e. The van der Waals surface area contributed by atoms with Crippen molar-refractivity contribution in [2.75, 3.05) is 5.32 Å². The lowest BCUT2D eigenvalue weighted by molar-refractivity contribution is -0.141. The van der Waals surface area contributed by atoms with Crippen LogP contribution in [-0.2, 0) is 9.59 Å². The largest absolute Gasteiger partial charge is 0.480 e. The first kappa shape index (κ1) is 12.6. The molecule has 0 bridgehead atoms. The lowest BCUT2D eigenvalue weighted by Gasteiger charge is -2.21. The fraction of sp³-hybridized carbons (Fsp3) is 0.385. The number of rotatable bonds is 4. The number of amides is 1. The van der Waals surface area contributed by atoms with Gasteiger partial charge >= 0.3 is 5.97 Å². The number of carbonyl (C=O) groups excluding carboxylic acids is 1. The molecule has 0 saturated heterocycles. The number of hydrogen-bond acceptors (Lipinski definition) is 3. The van der Waals surface area contributed by atoms with Gasteiger partial charge in [0.05, 0.1) is 0 Å². The van der Waals surface area contributed by atoms with Gasteiger partial charge in [0, 0.05) is 11.3 Å². The molecule has 0 saturated carbocycles. The second-order valence-electron chi connectivity index (χ2n) is 4.74. The van der Waals surface area contributed by atoms with E-state index in [0.717, 1.165) is 11.3 Å². The van der Waals surface area contributed by atoms with Crippen molar-refractivity contribution < 1.29 is 14.7 Å². The van der Waals surface area contributed by atoms with Crippen LogP contribution in [0.2, 0.25) is 0 Å². The van der Waals surface area contributed by atoms with Crippen LogP contribution in [0.5, 0.6) is 0 Å². The molecule has 1 heterocycles. The van der Waals surface area contributed by atoms with Crippen molar-refractivity contribution in [3.8, 4) is 0 Å². The number of hydrogen-bond donors (Lipinski definition) is 3. The quantitative estimate of drug-likeness (QED) is 0.752. The van der Waals surface area contributed by atoms with Gasteiger partial charge in [0.25, 0.3) is 0 Å². The summed E-state index contributed by atoms with van der Waals surface area (Å²) in [6.07, 6.45) is 0. The lowest BCUT2D eigenvalue weighted by Crippen LogP contribution is -2.44. The van der Waals surface area contributed by atoms with Gasteiger partial charge in [0.2, 0.25) is 5.91 Å². The third-order valence-electron chi connectivity index (χ3n) is 3.07. The van der Waals surface area contributed by atoms with Gasteiger partial charge in [0.15, 0.2) is 0 Å². The van der Waals surface area contributed by atoms with Crippen molar-refractivity contribution in [3.63, 3.8) is 0 Å². The Morgan fingerprint density at radius 2 is 2.06 bits per heavy atom. The minimum atomic E-state index is -0.942. The summed E-state index contributed by atoms with van der Waals surface area (Å²) in [4.78, 5) is 23.0. The first-order valence-corrected chi connectivity index (χ1v) is 5.89. The molecule has 1 amide bonds. The number of para-hydroxylation sites is 1. The first-order valence-electron chi connectivity index (χ1n) is 5.89. The van der Waals surface area contributed by atoms with E-state index in [1.54, 1.807) is 6.07 Å². The normalized spacial score (nSPS) is 19.5. The maximum atomic E-state index is 11.8. The number of nitrogens with one attached hydrogen (secondary N) is 2. The topological polar surface area (TPSA) is 78.4 Å². The number of carboxylic acid groups (broad SMARTS) is 1. The van der Waals surface area contributed by atoms with Gasteiger partial charge in [0.1, 0.15) is 12.1 Å². The van der Waals surface area contributed by atoms with E-state index in [2.05, 4.69) is 10.6 Å². The minimum Gasteiger partial charge on any atom is -0.480 e. The molecule has 1 aliphatic heterocycles. The zero-order valence-corrected chi connectivity index (χ0v) is 10.3. The lowest BCUT2D eigenvalue weighted by atomic mass is 10.0. The van der Waals surface area contributed by atoms with E-state index in [1.807, 2.05) is 32.0 Å². The number of carbonyl (C=O) groups is 2. The summed E-state index contributed by atoms with van der Waals surface area (Å²) in [5, 5.41) is 14.8. The summed E-state index contributed by atoms with van der Waals surface area (Å²) in [6, 6.07) is 5.96. The second kappa shape index (κ2) is 4.78. The van der Waals surface area contributed by atoms with Crippen molar-refractivity contribution >= 4 is 17.6 Å². The Balaban J connectivity index is 2.24. The molecule has 0 fully saturated rings. The number of aliphatic carboxylic acids is 1. The van der Waals surface area contributed by atoms with Crippen LogP contribution in [0.15, 0.2) is 24.3 Å². The van der Waals surface area contributed by atoms with Crippen LogP contribution in [0.25, 0.3) is 0 Å². The summed E-state index contributed by atoms with van der Waals surface area (Å²) < 4.78 is 0. The summed E-state index contributed by atoms with van der Waals surface area (Å²) in [5.41, 5.74) is 1.54. The Morgan fingerprint density at radius 3 is 2.67 bits per heavy atom. The predicted molar refractivity (Wildman–Crippen MR) is 67.2 cm³/mol. The summed E-state index contributed by atoms with van der Waals surface area (Å²) in [6.45, 7) is 3.62. The molecule has 2 atom stereocenters. The van der Waals surface area contributed by atoms with Gasteiger partial charge in [-0.2, -0.15) is 0 Å². The number of benzene rings is 1. The summed E-state index contributed by atoms with van der Waals surface area (Å²) >= 11 is 0. The van der Waals surface area contributed by atoms with E-state index >= 15 is 0 Å². The maximum absolute atomic E-state index is 11.8. The molecule has 0 aromatic heterocycles. The molecule has 1 aliphatic rings. The minimum absolute atomic E-state index is 0.0944. The Kier molecular flexibility index (Phi) is 3.34. The monoisotopic (exact) mass is 248 g/mol. The molecule has 5 heteroatoms. The van der Waals surface area contributed by atoms with Gasteiger partial charge in [-0.15, -0.1) is 0 Å². The molecular weight excluding hydrogens is 232 g/mol. The molecule has 5 nitrogen and oxygen atoms in total. The van der Waals surface area contributed by atoms with Crippen molar-refractivity contribution in [1.29, 1.82) is 0 Å². The second-order valence-corrected chi connectivity index (χ2v) is 4.74. The van der Waals surface area contributed by atoms with Crippen molar-refractivity contribution in [3.05, 3.63) is 29.8 Å². The Hall–Kier alpha value is -1.88. The molecule has 18 heavy (non-hydrogen) atoms. The van der Waals surface area contributed by atoms with Crippen LogP contribution in [0.1, 0.15) is 25.5 Å². The summed E-state index contributed by atoms with van der Waals surface area (Å²) in [7, 11) is 0. The van der Waals surface area contributed by atoms with Crippen LogP contribution in [0.3, 0.4) is 0 Å². The molecular formula is C13H16N2O3. The molecule has 96 valence electrons. The van der Waals surface area contributed by atoms with E-state index in [4.69, 9.17) is 5.11 Å². The van der Waals surface area contributed by atoms with Crippen molar-refractivity contribution in [2.24, 2.45) is 5.92 Å². The molecule has 2 rings (SSSR count). The van der Waals surface area contributed by atoms with Gasteiger partial charge in [-0.1, -0.05) is 32.0 Å². The van der Waals surface area contributed by atoms with Crippen LogP contribution < -0.4 is 10.6 Å². The summed E-state index contributed by atoms with van der Waals surface area (Å²) in [5.74, 6) is -1.24. The zero-order chi connectivity index (χ0) is 13.3. The van der Waals surface area contributed by atoms with Gasteiger partial charge in [-0.25, -0.2) is 0 Å². The molecule has 1 aromatic carbocycles. The van der Waals surface area contributed by atoms with Crippen molar-refractivity contribution in [2.45, 2.75) is 25.9 Å². The first-order chi connectivity index (χ1) is 8.50. The molecule has 2 unspecified atom stereocenters. The van der Waals surface area contributed by atoms with E-state index in [0.29, 0.717) is 0 Å². The zero-order valence-electron chi connectivity index (χ0n) is 10.3. The average Bonchev–Trinajstić information content (AvgIpc) is 2.61.